The minimum Gasteiger partial charge on any atom is -0.309 e. The molecule has 4 heteroatoms. The van der Waals surface area contributed by atoms with Crippen molar-refractivity contribution in [3.8, 4) is 0 Å². The minimum atomic E-state index is -0.784. The highest BCUT2D eigenvalue weighted by atomic mass is 19.2. The van der Waals surface area contributed by atoms with E-state index in [0.29, 0.717) is 12.6 Å². The molecule has 0 spiro atoms. The molecule has 0 radical (unpaired) electrons. The molecule has 1 heterocycles. The molecule has 1 atom stereocenters. The van der Waals surface area contributed by atoms with Crippen LogP contribution in [0.4, 0.5) is 8.78 Å². The van der Waals surface area contributed by atoms with Gasteiger partial charge in [-0.1, -0.05) is 13.0 Å². The van der Waals surface area contributed by atoms with Crippen molar-refractivity contribution in [1.29, 1.82) is 0 Å². The molecule has 1 aromatic rings. The molecule has 0 bridgehead atoms. The summed E-state index contributed by atoms with van der Waals surface area (Å²) in [6.07, 6.45) is 2.35. The Labute approximate surface area is 107 Å². The zero-order valence-electron chi connectivity index (χ0n) is 10.8. The van der Waals surface area contributed by atoms with Gasteiger partial charge in [-0.05, 0) is 43.6 Å². The molecule has 0 saturated carbocycles. The summed E-state index contributed by atoms with van der Waals surface area (Å²) in [4.78, 5) is 2.41. The Kier molecular flexibility index (Phi) is 4.66. The quantitative estimate of drug-likeness (QED) is 0.888. The van der Waals surface area contributed by atoms with Crippen molar-refractivity contribution in [3.05, 3.63) is 35.4 Å². The van der Waals surface area contributed by atoms with Crippen LogP contribution >= 0.6 is 0 Å². The molecule has 1 aliphatic heterocycles. The topological polar surface area (TPSA) is 15.3 Å². The normalized spacial score (nSPS) is 21.2. The number of nitrogens with zero attached hydrogens (tertiary/aromatic N) is 1. The highest BCUT2D eigenvalue weighted by Gasteiger charge is 2.17. The van der Waals surface area contributed by atoms with Crippen LogP contribution in [-0.4, -0.2) is 30.6 Å². The summed E-state index contributed by atoms with van der Waals surface area (Å²) in [7, 11) is 0. The molecule has 1 saturated heterocycles. The summed E-state index contributed by atoms with van der Waals surface area (Å²) in [6.45, 7) is 6.04. The number of hydrogen-bond donors (Lipinski definition) is 1. The summed E-state index contributed by atoms with van der Waals surface area (Å²) >= 11 is 0. The number of hydrogen-bond acceptors (Lipinski definition) is 2. The monoisotopic (exact) mass is 254 g/mol. The predicted octanol–water partition coefficient (Wildman–Crippen LogP) is 2.54. The Bertz CT molecular complexity index is 395. The number of rotatable bonds is 4. The first-order chi connectivity index (χ1) is 8.69. The van der Waals surface area contributed by atoms with Gasteiger partial charge in [0, 0.05) is 19.1 Å². The molecule has 1 aliphatic rings. The largest absolute Gasteiger partial charge is 0.309 e. The molecule has 18 heavy (non-hydrogen) atoms. The standard InChI is InChI=1S/C14H20F2N2/c1-2-18-7-3-4-12(10-18)17-9-11-5-6-13(15)14(16)8-11/h5-6,8,12,17H,2-4,7,9-10H2,1H3. The van der Waals surface area contributed by atoms with E-state index in [2.05, 4.69) is 17.1 Å². The maximum absolute atomic E-state index is 13.1. The van der Waals surface area contributed by atoms with Gasteiger partial charge < -0.3 is 10.2 Å². The lowest BCUT2D eigenvalue weighted by Gasteiger charge is -2.32. The van der Waals surface area contributed by atoms with Crippen molar-refractivity contribution < 1.29 is 8.78 Å². The van der Waals surface area contributed by atoms with Crippen LogP contribution < -0.4 is 5.32 Å². The van der Waals surface area contributed by atoms with E-state index in [-0.39, 0.29) is 0 Å². The highest BCUT2D eigenvalue weighted by Crippen LogP contribution is 2.12. The number of likely N-dealkylation sites (tertiary alicyclic amines) is 1. The van der Waals surface area contributed by atoms with E-state index in [9.17, 15) is 8.78 Å². The zero-order chi connectivity index (χ0) is 13.0. The fraction of sp³-hybridized carbons (Fsp3) is 0.571. The number of likely N-dealkylation sites (N-methyl/N-ethyl adjacent to an activating group) is 1. The van der Waals surface area contributed by atoms with Crippen molar-refractivity contribution in [1.82, 2.24) is 10.2 Å². The van der Waals surface area contributed by atoms with Gasteiger partial charge in [-0.3, -0.25) is 0 Å². The van der Waals surface area contributed by atoms with E-state index in [0.717, 1.165) is 25.1 Å². The van der Waals surface area contributed by atoms with E-state index in [1.807, 2.05) is 0 Å². The first kappa shape index (κ1) is 13.4. The van der Waals surface area contributed by atoms with Gasteiger partial charge in [0.15, 0.2) is 11.6 Å². The fourth-order valence-corrected chi connectivity index (χ4v) is 2.42. The van der Waals surface area contributed by atoms with Crippen LogP contribution in [0.5, 0.6) is 0 Å². The number of piperidine rings is 1. The highest BCUT2D eigenvalue weighted by molar-refractivity contribution is 5.17. The molecule has 0 aliphatic carbocycles. The summed E-state index contributed by atoms with van der Waals surface area (Å²) in [5.41, 5.74) is 0.794. The van der Waals surface area contributed by atoms with Crippen LogP contribution in [-0.2, 0) is 6.54 Å². The van der Waals surface area contributed by atoms with Gasteiger partial charge in [-0.15, -0.1) is 0 Å². The molecule has 2 rings (SSSR count). The maximum atomic E-state index is 13.1. The molecule has 100 valence electrons. The van der Waals surface area contributed by atoms with Gasteiger partial charge in [0.1, 0.15) is 0 Å². The SMILES string of the molecule is CCN1CCCC(NCc2ccc(F)c(F)c2)C1. The number of halogens is 2. The van der Waals surface area contributed by atoms with Gasteiger partial charge in [-0.25, -0.2) is 8.78 Å². The lowest BCUT2D eigenvalue weighted by Crippen LogP contribution is -2.45. The second-order valence-corrected chi connectivity index (χ2v) is 4.86. The van der Waals surface area contributed by atoms with Gasteiger partial charge in [-0.2, -0.15) is 0 Å². The van der Waals surface area contributed by atoms with Crippen LogP contribution in [0.3, 0.4) is 0 Å². The van der Waals surface area contributed by atoms with E-state index in [4.69, 9.17) is 0 Å². The third kappa shape index (κ3) is 3.50. The molecular formula is C14H20F2N2. The van der Waals surface area contributed by atoms with Crippen LogP contribution in [0.1, 0.15) is 25.3 Å². The van der Waals surface area contributed by atoms with Crippen molar-refractivity contribution in [2.45, 2.75) is 32.4 Å². The van der Waals surface area contributed by atoms with Crippen molar-refractivity contribution in [2.75, 3.05) is 19.6 Å². The van der Waals surface area contributed by atoms with Crippen molar-refractivity contribution in [2.24, 2.45) is 0 Å². The molecule has 2 nitrogen and oxygen atoms in total. The van der Waals surface area contributed by atoms with Crippen molar-refractivity contribution in [3.63, 3.8) is 0 Å². The van der Waals surface area contributed by atoms with Crippen molar-refractivity contribution >= 4 is 0 Å². The van der Waals surface area contributed by atoms with Gasteiger partial charge in [0.25, 0.3) is 0 Å². The van der Waals surface area contributed by atoms with E-state index in [1.54, 1.807) is 6.07 Å². The fourth-order valence-electron chi connectivity index (χ4n) is 2.42. The van der Waals surface area contributed by atoms with Gasteiger partial charge in [0.2, 0.25) is 0 Å². The first-order valence-electron chi connectivity index (χ1n) is 6.58. The summed E-state index contributed by atoms with van der Waals surface area (Å²) < 4.78 is 25.8. The molecule has 0 amide bonds. The van der Waals surface area contributed by atoms with Crippen LogP contribution in [0, 0.1) is 11.6 Å². The first-order valence-corrected chi connectivity index (χ1v) is 6.58. The predicted molar refractivity (Wildman–Crippen MR) is 68.3 cm³/mol. The molecular weight excluding hydrogens is 234 g/mol. The van der Waals surface area contributed by atoms with Gasteiger partial charge in [0.05, 0.1) is 0 Å². The number of benzene rings is 1. The second kappa shape index (κ2) is 6.25. The van der Waals surface area contributed by atoms with E-state index < -0.39 is 11.6 Å². The van der Waals surface area contributed by atoms with Crippen LogP contribution in [0.25, 0.3) is 0 Å². The lowest BCUT2D eigenvalue weighted by atomic mass is 10.1. The molecule has 0 aromatic heterocycles. The Morgan fingerprint density at radius 3 is 2.89 bits per heavy atom. The third-order valence-corrected chi connectivity index (χ3v) is 3.53. The summed E-state index contributed by atoms with van der Waals surface area (Å²) in [6, 6.07) is 4.53. The maximum Gasteiger partial charge on any atom is 0.159 e. The lowest BCUT2D eigenvalue weighted by molar-refractivity contribution is 0.198. The van der Waals surface area contributed by atoms with E-state index >= 15 is 0 Å². The Balaban J connectivity index is 1.85. The van der Waals surface area contributed by atoms with Gasteiger partial charge >= 0.3 is 0 Å². The van der Waals surface area contributed by atoms with Crippen LogP contribution in [0.15, 0.2) is 18.2 Å². The molecule has 1 aromatic carbocycles. The Morgan fingerprint density at radius 2 is 2.17 bits per heavy atom. The Morgan fingerprint density at radius 1 is 1.33 bits per heavy atom. The average molecular weight is 254 g/mol. The molecule has 1 fully saturated rings. The second-order valence-electron chi connectivity index (χ2n) is 4.86. The molecule has 1 unspecified atom stereocenters. The minimum absolute atomic E-state index is 0.451. The average Bonchev–Trinajstić information content (AvgIpc) is 2.40. The smallest absolute Gasteiger partial charge is 0.159 e. The van der Waals surface area contributed by atoms with E-state index in [1.165, 1.54) is 25.1 Å². The van der Waals surface area contributed by atoms with Crippen LogP contribution in [0.2, 0.25) is 0 Å². The number of nitrogens with one attached hydrogen (secondary N) is 1. The summed E-state index contributed by atoms with van der Waals surface area (Å²) in [5.74, 6) is -1.55. The molecule has 1 N–H and O–H groups in total. The zero-order valence-corrected chi connectivity index (χ0v) is 10.8. The Hall–Kier alpha value is -1.00. The summed E-state index contributed by atoms with van der Waals surface area (Å²) in [5, 5.41) is 3.42. The third-order valence-electron chi connectivity index (χ3n) is 3.53.